The number of methoxy groups -OCH3 is 1. The number of phenols is 1. The maximum absolute atomic E-state index is 11.8. The summed E-state index contributed by atoms with van der Waals surface area (Å²) in [6.45, 7) is 5.20. The Morgan fingerprint density at radius 2 is 1.78 bits per heavy atom. The summed E-state index contributed by atoms with van der Waals surface area (Å²) in [6.07, 6.45) is 5.85. The van der Waals surface area contributed by atoms with E-state index in [0.717, 1.165) is 11.1 Å². The molecule has 0 aliphatic carbocycles. The molecular formula is C27H40N2O7. The number of dihydropyridines is 1. The van der Waals surface area contributed by atoms with Crippen LogP contribution < -0.4 is 15.8 Å². The van der Waals surface area contributed by atoms with E-state index in [1.165, 1.54) is 21.0 Å². The third kappa shape index (κ3) is 9.81. The van der Waals surface area contributed by atoms with E-state index < -0.39 is 30.3 Å². The number of aliphatic hydroxyl groups is 1. The van der Waals surface area contributed by atoms with Gasteiger partial charge in [-0.1, -0.05) is 19.1 Å². The normalized spacial score (nSPS) is 15.6. The minimum atomic E-state index is -0.483. The summed E-state index contributed by atoms with van der Waals surface area (Å²) >= 11 is 0. The second-order valence-electron chi connectivity index (χ2n) is 9.12. The van der Waals surface area contributed by atoms with Crippen molar-refractivity contribution in [1.82, 2.24) is 5.32 Å². The minimum absolute atomic E-state index is 0.0774. The highest BCUT2D eigenvalue weighted by molar-refractivity contribution is 5.66. The molecule has 1 aliphatic rings. The molecule has 0 amide bonds. The molecular weight excluding hydrogens is 464 g/mol. The molecule has 200 valence electrons. The van der Waals surface area contributed by atoms with Gasteiger partial charge in [0.05, 0.1) is 19.0 Å². The van der Waals surface area contributed by atoms with Gasteiger partial charge in [-0.25, -0.2) is 0 Å². The van der Waals surface area contributed by atoms with Crippen molar-refractivity contribution < 1.29 is 34.0 Å². The largest absolute Gasteiger partial charge is 0.504 e. The average Bonchev–Trinajstić information content (AvgIpc) is 2.81. The van der Waals surface area contributed by atoms with E-state index in [1.54, 1.807) is 6.07 Å². The number of aryl methyl sites for hydroxylation is 1. The summed E-state index contributed by atoms with van der Waals surface area (Å²) in [5, 5.41) is 23.6. The Balaban J connectivity index is 2.16. The molecule has 3 atom stereocenters. The zero-order chi connectivity index (χ0) is 26.7. The van der Waals surface area contributed by atoms with Crippen LogP contribution in [-0.4, -0.2) is 54.1 Å². The maximum atomic E-state index is 11.8. The van der Waals surface area contributed by atoms with E-state index in [1.807, 2.05) is 25.1 Å². The number of aromatic hydroxyl groups is 1. The predicted octanol–water partition coefficient (Wildman–Crippen LogP) is 3.01. The maximum Gasteiger partial charge on any atom is 0.302 e. The molecule has 2 rings (SSSR count). The first-order valence-electron chi connectivity index (χ1n) is 12.4. The third-order valence-electron chi connectivity index (χ3n) is 6.08. The minimum Gasteiger partial charge on any atom is -0.504 e. The molecule has 0 bridgehead atoms. The molecule has 5 N–H and O–H groups in total. The van der Waals surface area contributed by atoms with Crippen LogP contribution in [0.5, 0.6) is 11.5 Å². The third-order valence-corrected chi connectivity index (χ3v) is 6.08. The van der Waals surface area contributed by atoms with Gasteiger partial charge in [0.25, 0.3) is 0 Å². The summed E-state index contributed by atoms with van der Waals surface area (Å²) < 4.78 is 16.4. The monoisotopic (exact) mass is 504 g/mol. The van der Waals surface area contributed by atoms with E-state index in [0.29, 0.717) is 68.6 Å². The zero-order valence-corrected chi connectivity index (χ0v) is 21.7. The van der Waals surface area contributed by atoms with E-state index in [2.05, 4.69) is 5.32 Å². The van der Waals surface area contributed by atoms with Crippen molar-refractivity contribution >= 4 is 11.9 Å². The van der Waals surface area contributed by atoms with Gasteiger partial charge >= 0.3 is 11.9 Å². The number of carbonyl (C=O) groups is 2. The molecule has 0 saturated carbocycles. The number of hydrogen-bond donors (Lipinski definition) is 4. The fourth-order valence-corrected chi connectivity index (χ4v) is 4.24. The van der Waals surface area contributed by atoms with E-state index in [4.69, 9.17) is 19.9 Å². The molecule has 9 heteroatoms. The highest BCUT2D eigenvalue weighted by Crippen LogP contribution is 2.34. The molecule has 0 fully saturated rings. The first-order chi connectivity index (χ1) is 17.1. The van der Waals surface area contributed by atoms with Crippen molar-refractivity contribution in [3.05, 3.63) is 46.8 Å². The summed E-state index contributed by atoms with van der Waals surface area (Å²) in [6, 6.07) is 3.68. The van der Waals surface area contributed by atoms with Gasteiger partial charge in [0, 0.05) is 38.8 Å². The lowest BCUT2D eigenvalue weighted by molar-refractivity contribution is -0.153. The Morgan fingerprint density at radius 1 is 1.11 bits per heavy atom. The van der Waals surface area contributed by atoms with Gasteiger partial charge in [0.1, 0.15) is 12.2 Å². The van der Waals surface area contributed by atoms with Crippen molar-refractivity contribution in [2.75, 3.05) is 13.7 Å². The van der Waals surface area contributed by atoms with Crippen LogP contribution in [0.1, 0.15) is 64.0 Å². The predicted molar refractivity (Wildman–Crippen MR) is 136 cm³/mol. The Bertz CT molecular complexity index is 958. The molecule has 0 unspecified atom stereocenters. The molecule has 0 spiro atoms. The molecule has 1 aromatic carbocycles. The van der Waals surface area contributed by atoms with Crippen molar-refractivity contribution in [3.8, 4) is 11.5 Å². The standard InChI is InChI=1S/C27H40N2O7/c1-5-22(32)7-9-24(36-18(3)31)16-23(35-17(2)30)8-6-19-12-21(27(33)25(14-19)34-4)13-20-10-11-29-26(28)15-20/h10,12,14-15,22-24,29,32-33H,5-9,11,13,16,28H2,1-4H3/t22-,23+,24-/m0/s1. The van der Waals surface area contributed by atoms with E-state index in [-0.39, 0.29) is 5.75 Å². The van der Waals surface area contributed by atoms with E-state index >= 15 is 0 Å². The molecule has 9 nitrogen and oxygen atoms in total. The highest BCUT2D eigenvalue weighted by Gasteiger charge is 2.23. The summed E-state index contributed by atoms with van der Waals surface area (Å²) in [7, 11) is 1.50. The number of aliphatic hydroxyl groups excluding tert-OH is 1. The van der Waals surface area contributed by atoms with Gasteiger partial charge in [-0.2, -0.15) is 0 Å². The number of allylic oxidation sites excluding steroid dienone is 2. The van der Waals surface area contributed by atoms with Crippen LogP contribution in [0, 0.1) is 0 Å². The smallest absolute Gasteiger partial charge is 0.302 e. The van der Waals surface area contributed by atoms with Gasteiger partial charge in [-0.05, 0) is 55.4 Å². The van der Waals surface area contributed by atoms with Crippen molar-refractivity contribution in [2.24, 2.45) is 5.73 Å². The quantitative estimate of drug-likeness (QED) is 0.281. The Morgan fingerprint density at radius 3 is 2.36 bits per heavy atom. The van der Waals surface area contributed by atoms with Gasteiger partial charge in [0.2, 0.25) is 0 Å². The fourth-order valence-electron chi connectivity index (χ4n) is 4.24. The fraction of sp³-hybridized carbons (Fsp3) is 0.556. The highest BCUT2D eigenvalue weighted by atomic mass is 16.6. The van der Waals surface area contributed by atoms with Crippen LogP contribution in [0.25, 0.3) is 0 Å². The van der Waals surface area contributed by atoms with Crippen LogP contribution in [0.4, 0.5) is 0 Å². The molecule has 0 aromatic heterocycles. The molecule has 0 saturated heterocycles. The second-order valence-corrected chi connectivity index (χ2v) is 9.12. The van der Waals surface area contributed by atoms with Crippen LogP contribution >= 0.6 is 0 Å². The molecule has 1 heterocycles. The first-order valence-corrected chi connectivity index (χ1v) is 12.4. The second kappa shape index (κ2) is 14.4. The summed E-state index contributed by atoms with van der Waals surface area (Å²) in [5.74, 6) is 0.190. The number of rotatable bonds is 14. The van der Waals surface area contributed by atoms with Gasteiger partial charge < -0.3 is 35.5 Å². The van der Waals surface area contributed by atoms with Crippen LogP contribution in [0.2, 0.25) is 0 Å². The number of nitrogens with one attached hydrogen (secondary N) is 1. The SMILES string of the molecule is CC[C@H](O)CC[C@@H](C[C@@H](CCc1cc(CC2=CCNC(N)=C2)c(O)c(OC)c1)OC(C)=O)OC(C)=O. The molecule has 0 radical (unpaired) electrons. The Labute approximate surface area is 213 Å². The lowest BCUT2D eigenvalue weighted by atomic mass is 9.95. The van der Waals surface area contributed by atoms with Crippen LogP contribution in [-0.2, 0) is 31.9 Å². The number of benzene rings is 1. The van der Waals surface area contributed by atoms with Crippen LogP contribution in [0.15, 0.2) is 35.7 Å². The van der Waals surface area contributed by atoms with Gasteiger partial charge in [-0.15, -0.1) is 0 Å². The zero-order valence-electron chi connectivity index (χ0n) is 21.7. The van der Waals surface area contributed by atoms with Gasteiger partial charge in [0.15, 0.2) is 11.5 Å². The lowest BCUT2D eigenvalue weighted by Crippen LogP contribution is -2.27. The van der Waals surface area contributed by atoms with Crippen molar-refractivity contribution in [2.45, 2.75) is 84.0 Å². The topological polar surface area (TPSA) is 140 Å². The van der Waals surface area contributed by atoms with E-state index in [9.17, 15) is 19.8 Å². The molecule has 1 aliphatic heterocycles. The first kappa shape index (κ1) is 29.0. The number of carbonyl (C=O) groups excluding carboxylic acids is 2. The molecule has 1 aromatic rings. The summed E-state index contributed by atoms with van der Waals surface area (Å²) in [5.41, 5.74) is 8.47. The lowest BCUT2D eigenvalue weighted by Gasteiger charge is -2.24. The van der Waals surface area contributed by atoms with Crippen molar-refractivity contribution in [1.29, 1.82) is 0 Å². The van der Waals surface area contributed by atoms with Crippen LogP contribution in [0.3, 0.4) is 0 Å². The number of hydrogen-bond acceptors (Lipinski definition) is 9. The number of nitrogens with two attached hydrogens (primary N) is 1. The van der Waals surface area contributed by atoms with Crippen molar-refractivity contribution in [3.63, 3.8) is 0 Å². The molecule has 36 heavy (non-hydrogen) atoms. The number of phenolic OH excluding ortho intramolecular Hbond substituents is 1. The Kier molecular flexibility index (Phi) is 11.6. The number of ether oxygens (including phenoxy) is 3. The average molecular weight is 505 g/mol. The Hall–Kier alpha value is -3.20. The summed E-state index contributed by atoms with van der Waals surface area (Å²) in [4.78, 5) is 23.4. The number of esters is 2. The van der Waals surface area contributed by atoms with Gasteiger partial charge in [-0.3, -0.25) is 9.59 Å².